The summed E-state index contributed by atoms with van der Waals surface area (Å²) in [5.74, 6) is 8.79. The van der Waals surface area contributed by atoms with Crippen LogP contribution >= 0.6 is 0 Å². The summed E-state index contributed by atoms with van der Waals surface area (Å²) >= 11 is 0. The van der Waals surface area contributed by atoms with Crippen molar-refractivity contribution in [2.24, 2.45) is 65.1 Å². The lowest BCUT2D eigenvalue weighted by molar-refractivity contribution is -0.178. The van der Waals surface area contributed by atoms with Crippen molar-refractivity contribution in [1.82, 2.24) is 0 Å². The molecule has 12 atom stereocenters. The topological polar surface area (TPSA) is 26.3 Å². The van der Waals surface area contributed by atoms with E-state index in [1.54, 1.807) is 0 Å². The smallest absolute Gasteiger partial charge is 0.309 e. The largest absolute Gasteiger partial charge is 0.459 e. The van der Waals surface area contributed by atoms with E-state index in [0.717, 1.165) is 60.2 Å². The van der Waals surface area contributed by atoms with E-state index in [2.05, 4.69) is 20.8 Å². The predicted octanol–water partition coefficient (Wildman–Crippen LogP) is 6.09. The van der Waals surface area contributed by atoms with E-state index < -0.39 is 0 Å². The monoisotopic (exact) mass is 384 g/mol. The van der Waals surface area contributed by atoms with Crippen LogP contribution in [-0.2, 0) is 9.53 Å². The van der Waals surface area contributed by atoms with Crippen LogP contribution in [0.5, 0.6) is 0 Å². The Kier molecular flexibility index (Phi) is 4.07. The van der Waals surface area contributed by atoms with Crippen LogP contribution in [0.25, 0.3) is 0 Å². The van der Waals surface area contributed by atoms with Gasteiger partial charge in [-0.25, -0.2) is 0 Å². The molecule has 0 aromatic heterocycles. The van der Waals surface area contributed by atoms with Crippen LogP contribution < -0.4 is 0 Å². The van der Waals surface area contributed by atoms with Gasteiger partial charge in [-0.15, -0.1) is 0 Å². The fourth-order valence-electron chi connectivity index (χ4n) is 10.5. The second kappa shape index (κ2) is 6.24. The van der Waals surface area contributed by atoms with E-state index in [0.29, 0.717) is 11.8 Å². The first kappa shape index (κ1) is 18.3. The molecule has 0 aliphatic heterocycles. The van der Waals surface area contributed by atoms with E-state index in [1.165, 1.54) is 51.4 Å². The minimum atomic E-state index is -0.0956. The third kappa shape index (κ3) is 2.24. The molecule has 0 amide bonds. The maximum Gasteiger partial charge on any atom is 0.309 e. The molecule has 0 N–H and O–H groups in total. The van der Waals surface area contributed by atoms with Crippen molar-refractivity contribution in [1.29, 1.82) is 0 Å². The van der Waals surface area contributed by atoms with Crippen molar-refractivity contribution >= 4 is 5.97 Å². The van der Waals surface area contributed by atoms with Crippen LogP contribution in [0.1, 0.15) is 85.0 Å². The normalized spacial score (nSPS) is 58.3. The zero-order chi connectivity index (χ0) is 19.2. The first-order valence-corrected chi connectivity index (χ1v) is 12.8. The number of ether oxygens (including phenoxy) is 1. The van der Waals surface area contributed by atoms with E-state index in [4.69, 9.17) is 4.74 Å². The van der Waals surface area contributed by atoms with Crippen LogP contribution in [-0.4, -0.2) is 11.6 Å². The molecule has 6 fully saturated rings. The Balaban J connectivity index is 1.20. The summed E-state index contributed by atoms with van der Waals surface area (Å²) < 4.78 is 6.63. The number of carbonyl (C=O) groups is 1. The number of hydrogen-bond donors (Lipinski definition) is 0. The highest BCUT2D eigenvalue weighted by atomic mass is 16.6. The fraction of sp³-hybridized carbons (Fsp3) is 0.962. The van der Waals surface area contributed by atoms with Crippen LogP contribution in [0.4, 0.5) is 0 Å². The predicted molar refractivity (Wildman–Crippen MR) is 110 cm³/mol. The highest BCUT2D eigenvalue weighted by Gasteiger charge is 2.64. The Hall–Kier alpha value is -0.530. The van der Waals surface area contributed by atoms with Crippen LogP contribution in [0.2, 0.25) is 0 Å². The number of esters is 1. The lowest BCUT2D eigenvalue weighted by Gasteiger charge is -2.43. The first-order chi connectivity index (χ1) is 13.6. The van der Waals surface area contributed by atoms with Gasteiger partial charge >= 0.3 is 5.97 Å². The zero-order valence-corrected chi connectivity index (χ0v) is 18.2. The van der Waals surface area contributed by atoms with Gasteiger partial charge in [-0.2, -0.15) is 0 Å². The van der Waals surface area contributed by atoms with E-state index >= 15 is 0 Å². The SMILES string of the molecule is CCC1CC(C)C2C3CC(C(=O)OC4(CC)CC5CC4C4CCCC54)C(C3)C12. The molecule has 6 aliphatic carbocycles. The number of hydrogen-bond acceptors (Lipinski definition) is 2. The second-order valence-corrected chi connectivity index (χ2v) is 11.9. The lowest BCUT2D eigenvalue weighted by Crippen LogP contribution is -2.47. The summed E-state index contributed by atoms with van der Waals surface area (Å²) in [5.41, 5.74) is -0.0956. The minimum Gasteiger partial charge on any atom is -0.459 e. The highest BCUT2D eigenvalue weighted by molar-refractivity contribution is 5.74. The second-order valence-electron chi connectivity index (χ2n) is 11.9. The molecule has 28 heavy (non-hydrogen) atoms. The maximum atomic E-state index is 13.6. The van der Waals surface area contributed by atoms with Gasteiger partial charge in [0.1, 0.15) is 5.60 Å². The van der Waals surface area contributed by atoms with Crippen molar-refractivity contribution in [2.75, 3.05) is 0 Å². The molecule has 0 aromatic carbocycles. The summed E-state index contributed by atoms with van der Waals surface area (Å²) in [5, 5.41) is 0. The molecule has 2 nitrogen and oxygen atoms in total. The van der Waals surface area contributed by atoms with Crippen molar-refractivity contribution in [2.45, 2.75) is 90.6 Å². The summed E-state index contributed by atoms with van der Waals surface area (Å²) in [6.45, 7) is 7.15. The molecule has 0 spiro atoms. The quantitative estimate of drug-likeness (QED) is 0.548. The molecule has 156 valence electrons. The van der Waals surface area contributed by atoms with Crippen molar-refractivity contribution < 1.29 is 9.53 Å². The van der Waals surface area contributed by atoms with Gasteiger partial charge < -0.3 is 4.74 Å². The highest BCUT2D eigenvalue weighted by Crippen LogP contribution is 2.67. The Labute approximate surface area is 171 Å². The van der Waals surface area contributed by atoms with Crippen LogP contribution in [0.15, 0.2) is 0 Å². The summed E-state index contributed by atoms with van der Waals surface area (Å²) in [4.78, 5) is 13.6. The van der Waals surface area contributed by atoms with Crippen molar-refractivity contribution in [3.05, 3.63) is 0 Å². The fourth-order valence-corrected chi connectivity index (χ4v) is 10.5. The Morgan fingerprint density at radius 1 is 0.964 bits per heavy atom. The molecule has 0 saturated heterocycles. The Bertz CT molecular complexity index is 657. The molecular formula is C26H40O2. The molecule has 0 aromatic rings. The molecule has 6 rings (SSSR count). The Morgan fingerprint density at radius 3 is 2.57 bits per heavy atom. The van der Waals surface area contributed by atoms with Gasteiger partial charge in [-0.3, -0.25) is 4.79 Å². The van der Waals surface area contributed by atoms with Gasteiger partial charge in [0.15, 0.2) is 0 Å². The van der Waals surface area contributed by atoms with Crippen LogP contribution in [0.3, 0.4) is 0 Å². The third-order valence-corrected chi connectivity index (χ3v) is 11.3. The van der Waals surface area contributed by atoms with Gasteiger partial charge in [0, 0.05) is 5.92 Å². The van der Waals surface area contributed by atoms with E-state index in [-0.39, 0.29) is 17.5 Å². The molecule has 0 heterocycles. The molecule has 4 bridgehead atoms. The van der Waals surface area contributed by atoms with Gasteiger partial charge in [0.2, 0.25) is 0 Å². The van der Waals surface area contributed by atoms with Crippen molar-refractivity contribution in [3.8, 4) is 0 Å². The minimum absolute atomic E-state index is 0.0956. The van der Waals surface area contributed by atoms with Gasteiger partial charge in [0.05, 0.1) is 5.92 Å². The lowest BCUT2D eigenvalue weighted by atomic mass is 9.70. The molecule has 6 aliphatic rings. The summed E-state index contributed by atoms with van der Waals surface area (Å²) in [7, 11) is 0. The summed E-state index contributed by atoms with van der Waals surface area (Å²) in [6, 6.07) is 0. The molecule has 2 heteroatoms. The van der Waals surface area contributed by atoms with Gasteiger partial charge in [0.25, 0.3) is 0 Å². The first-order valence-electron chi connectivity index (χ1n) is 12.8. The van der Waals surface area contributed by atoms with Crippen LogP contribution in [0, 0.1) is 65.1 Å². The molecular weight excluding hydrogens is 344 g/mol. The average Bonchev–Trinajstić information content (AvgIpc) is 3.47. The third-order valence-electron chi connectivity index (χ3n) is 11.3. The van der Waals surface area contributed by atoms with Gasteiger partial charge in [-0.05, 0) is 105 Å². The zero-order valence-electron chi connectivity index (χ0n) is 18.2. The molecule has 12 unspecified atom stereocenters. The maximum absolute atomic E-state index is 13.6. The average molecular weight is 385 g/mol. The standard InChI is InChI=1S/C26H40O2/c1-4-15-9-14(3)23-16-10-20(24(15)23)21(11-16)25(27)28-26(5-2)13-17-12-22(26)19-8-6-7-18(17)19/h14-24H,4-13H2,1-3H3. The number of fused-ring (bicyclic) bond motifs is 10. The number of rotatable bonds is 4. The van der Waals surface area contributed by atoms with E-state index in [9.17, 15) is 4.79 Å². The number of carbonyl (C=O) groups excluding carboxylic acids is 1. The summed E-state index contributed by atoms with van der Waals surface area (Å²) in [6.07, 6.45) is 13.0. The Morgan fingerprint density at radius 2 is 1.79 bits per heavy atom. The van der Waals surface area contributed by atoms with E-state index in [1.807, 2.05) is 0 Å². The molecule has 6 saturated carbocycles. The molecule has 0 radical (unpaired) electrons. The van der Waals surface area contributed by atoms with Gasteiger partial charge in [-0.1, -0.05) is 33.6 Å². The van der Waals surface area contributed by atoms with Crippen molar-refractivity contribution in [3.63, 3.8) is 0 Å².